The van der Waals surface area contributed by atoms with E-state index in [0.29, 0.717) is 12.4 Å². The zero-order valence-electron chi connectivity index (χ0n) is 8.67. The number of esters is 1. The first-order chi connectivity index (χ1) is 6.56. The molecule has 0 atom stereocenters. The smallest absolute Gasteiger partial charge is 0.344 e. The molecule has 0 aliphatic carbocycles. The molecule has 0 aromatic rings. The van der Waals surface area contributed by atoms with E-state index in [1.807, 2.05) is 0 Å². The minimum absolute atomic E-state index is 0.144. The lowest BCUT2D eigenvalue weighted by atomic mass is 10.4. The van der Waals surface area contributed by atoms with Gasteiger partial charge >= 0.3 is 5.97 Å². The summed E-state index contributed by atoms with van der Waals surface area (Å²) in [7, 11) is 0. The Morgan fingerprint density at radius 3 is 2.43 bits per heavy atom. The zero-order chi connectivity index (χ0) is 11.0. The van der Waals surface area contributed by atoms with E-state index in [0.717, 1.165) is 0 Å². The van der Waals surface area contributed by atoms with E-state index >= 15 is 0 Å². The van der Waals surface area contributed by atoms with Crippen molar-refractivity contribution in [2.75, 3.05) is 13.2 Å². The van der Waals surface area contributed by atoms with Crippen molar-refractivity contribution in [1.29, 1.82) is 0 Å². The fraction of sp³-hybridized carbons (Fsp3) is 0.500. The van der Waals surface area contributed by atoms with Gasteiger partial charge in [0.15, 0.2) is 6.61 Å². The third-order valence-electron chi connectivity index (χ3n) is 1.27. The van der Waals surface area contributed by atoms with Crippen molar-refractivity contribution in [3.63, 3.8) is 0 Å². The summed E-state index contributed by atoms with van der Waals surface area (Å²) in [6.45, 7) is 4.87. The van der Waals surface area contributed by atoms with Crippen molar-refractivity contribution in [1.82, 2.24) is 0 Å². The molecule has 80 valence electrons. The van der Waals surface area contributed by atoms with Gasteiger partial charge in [0.05, 0.1) is 18.2 Å². The number of halogens is 1. The lowest BCUT2D eigenvalue weighted by molar-refractivity contribution is -0.147. The lowest BCUT2D eigenvalue weighted by Crippen LogP contribution is -2.11. The Morgan fingerprint density at radius 1 is 1.29 bits per heavy atom. The fourth-order valence-corrected chi connectivity index (χ4v) is 0.656. The highest BCUT2D eigenvalue weighted by molar-refractivity contribution is 5.70. The van der Waals surface area contributed by atoms with Crippen LogP contribution >= 0.6 is 0 Å². The maximum absolute atomic E-state index is 12.3. The van der Waals surface area contributed by atoms with Crippen LogP contribution in [0.5, 0.6) is 0 Å². The normalized spacial score (nSPS) is 12.6. The topological polar surface area (TPSA) is 35.5 Å². The molecule has 0 rings (SSSR count). The summed E-state index contributed by atoms with van der Waals surface area (Å²) in [5.41, 5.74) is 0. The monoisotopic (exact) mass is 202 g/mol. The summed E-state index contributed by atoms with van der Waals surface area (Å²) in [5.74, 6) is -0.277. The standard InChI is InChI=1S/C10H15FO3/c1-4-13-10(12)7-14-9(3)6-5-8(2)11/h5-6H,4,7H2,1-3H3/b8-5+,9-6+. The van der Waals surface area contributed by atoms with Crippen LogP contribution in [0.4, 0.5) is 4.39 Å². The second-order valence-corrected chi connectivity index (χ2v) is 2.62. The van der Waals surface area contributed by atoms with Crippen LogP contribution in [0.25, 0.3) is 0 Å². The van der Waals surface area contributed by atoms with Crippen LogP contribution in [0.15, 0.2) is 23.7 Å². The largest absolute Gasteiger partial charge is 0.487 e. The van der Waals surface area contributed by atoms with E-state index in [9.17, 15) is 9.18 Å². The average molecular weight is 202 g/mol. The molecule has 0 aromatic heterocycles. The number of rotatable bonds is 5. The lowest BCUT2D eigenvalue weighted by Gasteiger charge is -2.04. The van der Waals surface area contributed by atoms with Gasteiger partial charge in [-0.25, -0.2) is 9.18 Å². The van der Waals surface area contributed by atoms with Gasteiger partial charge in [0.25, 0.3) is 0 Å². The SMILES string of the molecule is CCOC(=O)CO/C(C)=C/C=C(\C)F. The highest BCUT2D eigenvalue weighted by atomic mass is 19.1. The predicted molar refractivity (Wildman–Crippen MR) is 51.2 cm³/mol. The van der Waals surface area contributed by atoms with Crippen LogP contribution < -0.4 is 0 Å². The van der Waals surface area contributed by atoms with E-state index in [2.05, 4.69) is 4.74 Å². The number of carbonyl (C=O) groups excluding carboxylic acids is 1. The molecule has 4 heteroatoms. The minimum Gasteiger partial charge on any atom is -0.487 e. The van der Waals surface area contributed by atoms with Crippen LogP contribution in [-0.2, 0) is 14.3 Å². The zero-order valence-corrected chi connectivity index (χ0v) is 8.67. The number of hydrogen-bond acceptors (Lipinski definition) is 3. The van der Waals surface area contributed by atoms with Gasteiger partial charge in [0, 0.05) is 0 Å². The van der Waals surface area contributed by atoms with Gasteiger partial charge in [-0.3, -0.25) is 0 Å². The quantitative estimate of drug-likeness (QED) is 0.390. The van der Waals surface area contributed by atoms with Gasteiger partial charge < -0.3 is 9.47 Å². The molecule has 0 fully saturated rings. The van der Waals surface area contributed by atoms with Crippen molar-refractivity contribution in [2.24, 2.45) is 0 Å². The van der Waals surface area contributed by atoms with Crippen molar-refractivity contribution in [2.45, 2.75) is 20.8 Å². The molecule has 0 aromatic carbocycles. The Balaban J connectivity index is 3.84. The number of allylic oxidation sites excluding steroid dienone is 4. The Labute approximate surface area is 83.2 Å². The molecule has 14 heavy (non-hydrogen) atoms. The van der Waals surface area contributed by atoms with E-state index < -0.39 is 5.97 Å². The van der Waals surface area contributed by atoms with E-state index in [1.165, 1.54) is 19.1 Å². The summed E-state index contributed by atoms with van der Waals surface area (Å²) in [6.07, 6.45) is 2.72. The summed E-state index contributed by atoms with van der Waals surface area (Å²) >= 11 is 0. The first kappa shape index (κ1) is 12.7. The molecule has 3 nitrogen and oxygen atoms in total. The van der Waals surface area contributed by atoms with Crippen LogP contribution in [0.1, 0.15) is 20.8 Å². The highest BCUT2D eigenvalue weighted by Gasteiger charge is 2.01. The molecule has 0 saturated heterocycles. The highest BCUT2D eigenvalue weighted by Crippen LogP contribution is 2.00. The summed E-state index contributed by atoms with van der Waals surface area (Å²) in [6, 6.07) is 0. The molecular weight excluding hydrogens is 187 g/mol. The molecule has 0 unspecified atom stereocenters. The van der Waals surface area contributed by atoms with Gasteiger partial charge in [0.1, 0.15) is 0 Å². The summed E-state index contributed by atoms with van der Waals surface area (Å²) in [5, 5.41) is 0. The molecule has 0 saturated carbocycles. The first-order valence-corrected chi connectivity index (χ1v) is 4.35. The Hall–Kier alpha value is -1.32. The predicted octanol–water partition coefficient (Wildman–Crippen LogP) is 2.34. The van der Waals surface area contributed by atoms with Gasteiger partial charge in [0.2, 0.25) is 0 Å². The molecule has 0 N–H and O–H groups in total. The number of ether oxygens (including phenoxy) is 2. The second kappa shape index (κ2) is 7.12. The molecule has 0 spiro atoms. The molecule has 0 heterocycles. The van der Waals surface area contributed by atoms with Gasteiger partial charge in [-0.2, -0.15) is 0 Å². The molecule has 0 amide bonds. The molecule has 0 aliphatic rings. The third kappa shape index (κ3) is 7.34. The van der Waals surface area contributed by atoms with Crippen molar-refractivity contribution in [3.8, 4) is 0 Å². The van der Waals surface area contributed by atoms with Crippen molar-refractivity contribution >= 4 is 5.97 Å². The van der Waals surface area contributed by atoms with Crippen molar-refractivity contribution < 1.29 is 18.7 Å². The maximum atomic E-state index is 12.3. The van der Waals surface area contributed by atoms with Crippen LogP contribution in [0.2, 0.25) is 0 Å². The molecule has 0 aliphatic heterocycles. The van der Waals surface area contributed by atoms with E-state index in [-0.39, 0.29) is 12.4 Å². The van der Waals surface area contributed by atoms with Crippen LogP contribution in [0, 0.1) is 0 Å². The number of carbonyl (C=O) groups is 1. The maximum Gasteiger partial charge on any atom is 0.344 e. The molecule has 0 bridgehead atoms. The van der Waals surface area contributed by atoms with E-state index in [4.69, 9.17) is 4.74 Å². The Kier molecular flexibility index (Phi) is 6.45. The van der Waals surface area contributed by atoms with Crippen molar-refractivity contribution in [3.05, 3.63) is 23.7 Å². The van der Waals surface area contributed by atoms with Gasteiger partial charge in [-0.15, -0.1) is 0 Å². The second-order valence-electron chi connectivity index (χ2n) is 2.62. The van der Waals surface area contributed by atoms with Crippen LogP contribution in [0.3, 0.4) is 0 Å². The Bertz CT molecular complexity index is 240. The van der Waals surface area contributed by atoms with Crippen LogP contribution in [-0.4, -0.2) is 19.2 Å². The minimum atomic E-state index is -0.429. The molecule has 0 radical (unpaired) electrons. The fourth-order valence-electron chi connectivity index (χ4n) is 0.656. The summed E-state index contributed by atoms with van der Waals surface area (Å²) < 4.78 is 21.9. The van der Waals surface area contributed by atoms with Gasteiger partial charge in [-0.05, 0) is 32.9 Å². The Morgan fingerprint density at radius 2 is 1.93 bits per heavy atom. The third-order valence-corrected chi connectivity index (χ3v) is 1.27. The van der Waals surface area contributed by atoms with E-state index in [1.54, 1.807) is 13.8 Å². The number of hydrogen-bond donors (Lipinski definition) is 0. The average Bonchev–Trinajstić information content (AvgIpc) is 2.12. The molecular formula is C10H15FO3. The summed E-state index contributed by atoms with van der Waals surface area (Å²) in [4.78, 5) is 10.8. The van der Waals surface area contributed by atoms with Gasteiger partial charge in [-0.1, -0.05) is 0 Å². The first-order valence-electron chi connectivity index (χ1n) is 4.35.